The van der Waals surface area contributed by atoms with Crippen LogP contribution in [0.2, 0.25) is 0 Å². The molecule has 0 bridgehead atoms. The largest absolute Gasteiger partial charge is 0.242 e. The second kappa shape index (κ2) is 5.73. The molecule has 1 saturated heterocycles. The van der Waals surface area contributed by atoms with Gasteiger partial charge in [0, 0.05) is 0 Å². The lowest BCUT2D eigenvalue weighted by molar-refractivity contribution is 0.578. The summed E-state index contributed by atoms with van der Waals surface area (Å²) in [4.78, 5) is 0. The van der Waals surface area contributed by atoms with Gasteiger partial charge < -0.3 is 0 Å². The van der Waals surface area contributed by atoms with Crippen LogP contribution in [0.25, 0.3) is 0 Å². The van der Waals surface area contributed by atoms with E-state index in [1.807, 2.05) is 63.2 Å². The Morgan fingerprint density at radius 3 is 1.78 bits per heavy atom. The summed E-state index contributed by atoms with van der Waals surface area (Å²) in [5, 5.41) is 0. The van der Waals surface area contributed by atoms with E-state index in [-0.39, 0.29) is 16.3 Å². The Morgan fingerprint density at radius 2 is 1.43 bits per heavy atom. The Hall–Kier alpha value is -1.71. The monoisotopic (exact) mass is 325 g/mol. The molecule has 1 heterocycles. The molecule has 23 heavy (non-hydrogen) atoms. The van der Waals surface area contributed by atoms with Crippen LogP contribution in [-0.2, 0) is 16.5 Å². The zero-order chi connectivity index (χ0) is 16.7. The third-order valence-electron chi connectivity index (χ3n) is 4.31. The summed E-state index contributed by atoms with van der Waals surface area (Å²) in [6.45, 7) is 10.1. The van der Waals surface area contributed by atoms with Gasteiger partial charge in [-0.05, 0) is 31.9 Å². The van der Waals surface area contributed by atoms with Crippen molar-refractivity contribution in [3.8, 4) is 0 Å². The lowest BCUT2D eigenvalue weighted by Gasteiger charge is -2.23. The van der Waals surface area contributed by atoms with Crippen molar-refractivity contribution in [1.29, 1.82) is 0 Å². The van der Waals surface area contributed by atoms with E-state index in [9.17, 15) is 4.21 Å². The fraction of sp³-hybridized carbons (Fsp3) is 0.300. The van der Waals surface area contributed by atoms with E-state index in [0.29, 0.717) is 0 Å². The van der Waals surface area contributed by atoms with Crippen LogP contribution in [0.15, 0.2) is 73.3 Å². The first kappa shape index (κ1) is 16.2. The molecule has 2 unspecified atom stereocenters. The first-order chi connectivity index (χ1) is 10.9. The predicted molar refractivity (Wildman–Crippen MR) is 97.4 cm³/mol. The minimum absolute atomic E-state index is 0.0346. The Labute approximate surface area is 141 Å². The van der Waals surface area contributed by atoms with Crippen LogP contribution in [0, 0.1) is 0 Å². The van der Waals surface area contributed by atoms with E-state index in [2.05, 4.69) is 35.1 Å². The van der Waals surface area contributed by atoms with Crippen molar-refractivity contribution in [3.05, 3.63) is 84.4 Å². The molecule has 0 amide bonds. The summed E-state index contributed by atoms with van der Waals surface area (Å²) in [5.41, 5.74) is 1.94. The van der Waals surface area contributed by atoms with Crippen molar-refractivity contribution in [2.75, 3.05) is 0 Å². The van der Waals surface area contributed by atoms with Gasteiger partial charge in [0.2, 0.25) is 0 Å². The minimum atomic E-state index is -1.12. The lowest BCUT2D eigenvalue weighted by Crippen LogP contribution is -2.31. The Morgan fingerprint density at radius 1 is 1.00 bits per heavy atom. The van der Waals surface area contributed by atoms with Gasteiger partial charge in [-0.2, -0.15) is 4.31 Å². The van der Waals surface area contributed by atoms with Gasteiger partial charge in [0.1, 0.15) is 16.5 Å². The number of hydrogen-bond donors (Lipinski definition) is 0. The molecule has 2 aromatic rings. The maximum Gasteiger partial charge on any atom is 0.104 e. The molecule has 2 aromatic carbocycles. The lowest BCUT2D eigenvalue weighted by atomic mass is 9.87. The average molecular weight is 325 g/mol. The van der Waals surface area contributed by atoms with Gasteiger partial charge in [-0.1, -0.05) is 66.7 Å². The Bertz CT molecular complexity index is 679. The van der Waals surface area contributed by atoms with E-state index in [0.717, 1.165) is 11.1 Å². The smallest absolute Gasteiger partial charge is 0.104 e. The standard InChI is InChI=1S/C20H23NOS/c1-5-18-20(16-12-8-6-9-13-16,17-14-10-7-11-15-17)21(18)23(22)19(2,3)4/h5-15,18H,1H2,2-4H3/t18-,21?,23?/m1/s1. The van der Waals surface area contributed by atoms with E-state index in [1.165, 1.54) is 0 Å². The third kappa shape index (κ3) is 2.48. The Balaban J connectivity index is 2.19. The number of benzene rings is 2. The van der Waals surface area contributed by atoms with Crippen molar-refractivity contribution in [2.24, 2.45) is 0 Å². The maximum absolute atomic E-state index is 13.1. The summed E-state index contributed by atoms with van der Waals surface area (Å²) in [5.74, 6) is 0. The summed E-state index contributed by atoms with van der Waals surface area (Å²) in [7, 11) is -1.12. The van der Waals surface area contributed by atoms with Crippen LogP contribution in [0.5, 0.6) is 0 Å². The van der Waals surface area contributed by atoms with Gasteiger partial charge in [-0.3, -0.25) is 0 Å². The van der Waals surface area contributed by atoms with Gasteiger partial charge in [0.05, 0.1) is 10.8 Å². The Kier molecular flexibility index (Phi) is 4.03. The van der Waals surface area contributed by atoms with Gasteiger partial charge in [-0.25, -0.2) is 4.21 Å². The molecule has 1 fully saturated rings. The van der Waals surface area contributed by atoms with Crippen molar-refractivity contribution >= 4 is 11.0 Å². The molecule has 0 aromatic heterocycles. The van der Waals surface area contributed by atoms with E-state index in [4.69, 9.17) is 0 Å². The van der Waals surface area contributed by atoms with Gasteiger partial charge in [0.15, 0.2) is 0 Å². The summed E-state index contributed by atoms with van der Waals surface area (Å²) in [6, 6.07) is 20.7. The van der Waals surface area contributed by atoms with Gasteiger partial charge >= 0.3 is 0 Å². The van der Waals surface area contributed by atoms with E-state index in [1.54, 1.807) is 0 Å². The van der Waals surface area contributed by atoms with Crippen LogP contribution in [0.1, 0.15) is 31.9 Å². The fourth-order valence-corrected chi connectivity index (χ4v) is 4.80. The van der Waals surface area contributed by atoms with E-state index >= 15 is 0 Å². The highest BCUT2D eigenvalue weighted by atomic mass is 32.2. The molecule has 2 nitrogen and oxygen atoms in total. The van der Waals surface area contributed by atoms with Crippen LogP contribution in [0.3, 0.4) is 0 Å². The summed E-state index contributed by atoms with van der Waals surface area (Å²) in [6.07, 6.45) is 1.92. The summed E-state index contributed by atoms with van der Waals surface area (Å²) < 4.78 is 14.9. The van der Waals surface area contributed by atoms with Crippen LogP contribution in [-0.4, -0.2) is 19.3 Å². The number of hydrogen-bond acceptors (Lipinski definition) is 1. The molecule has 0 spiro atoms. The maximum atomic E-state index is 13.1. The fourth-order valence-electron chi connectivity index (χ4n) is 3.23. The molecule has 0 radical (unpaired) electrons. The van der Waals surface area contributed by atoms with Crippen LogP contribution in [0.4, 0.5) is 0 Å². The molecule has 0 N–H and O–H groups in total. The topological polar surface area (TPSA) is 20.1 Å². The SMILES string of the molecule is C=C[C@H]1N(S(=O)C(C)(C)C)C1(c1ccccc1)c1ccccc1. The highest BCUT2D eigenvalue weighted by Crippen LogP contribution is 2.57. The van der Waals surface area contributed by atoms with Gasteiger partial charge in [-0.15, -0.1) is 6.58 Å². The van der Waals surface area contributed by atoms with Crippen molar-refractivity contribution in [3.63, 3.8) is 0 Å². The van der Waals surface area contributed by atoms with E-state index < -0.39 is 11.0 Å². The highest BCUT2D eigenvalue weighted by molar-refractivity contribution is 7.84. The molecule has 0 saturated carbocycles. The molecule has 1 aliphatic rings. The number of nitrogens with zero attached hydrogens (tertiary/aromatic N) is 1. The van der Waals surface area contributed by atoms with Crippen molar-refractivity contribution in [2.45, 2.75) is 37.1 Å². The quantitative estimate of drug-likeness (QED) is 0.607. The minimum Gasteiger partial charge on any atom is -0.242 e. The van der Waals surface area contributed by atoms with Gasteiger partial charge in [0.25, 0.3) is 0 Å². The van der Waals surface area contributed by atoms with Crippen LogP contribution < -0.4 is 0 Å². The molecule has 3 atom stereocenters. The molecule has 3 rings (SSSR count). The second-order valence-corrected chi connectivity index (χ2v) is 8.98. The normalized spacial score (nSPS) is 24.0. The first-order valence-corrected chi connectivity index (χ1v) is 8.99. The van der Waals surface area contributed by atoms with Crippen molar-refractivity contribution < 1.29 is 4.21 Å². The molecule has 1 aliphatic heterocycles. The zero-order valence-corrected chi connectivity index (χ0v) is 14.7. The summed E-state index contributed by atoms with van der Waals surface area (Å²) >= 11 is 0. The number of rotatable bonds is 4. The third-order valence-corrected chi connectivity index (χ3v) is 6.23. The molecule has 120 valence electrons. The van der Waals surface area contributed by atoms with Crippen LogP contribution >= 0.6 is 0 Å². The first-order valence-electron chi connectivity index (χ1n) is 7.89. The molecular weight excluding hydrogens is 302 g/mol. The second-order valence-electron chi connectivity index (χ2n) is 6.87. The molecular formula is C20H23NOS. The molecule has 3 heteroatoms. The zero-order valence-electron chi connectivity index (χ0n) is 13.9. The molecule has 0 aliphatic carbocycles. The predicted octanol–water partition coefficient (Wildman–Crippen LogP) is 4.26. The van der Waals surface area contributed by atoms with Crippen molar-refractivity contribution in [1.82, 2.24) is 4.31 Å². The highest BCUT2D eigenvalue weighted by Gasteiger charge is 2.67. The average Bonchev–Trinajstić information content (AvgIpc) is 3.24.